The predicted octanol–water partition coefficient (Wildman–Crippen LogP) is 4.99. The van der Waals surface area contributed by atoms with Gasteiger partial charge in [-0.25, -0.2) is 13.1 Å². The molecular weight excluding hydrogens is 469 g/mol. The molecular formula is C21H22ClF3N2O4S. The van der Waals surface area contributed by atoms with E-state index in [1.54, 1.807) is 0 Å². The zero-order valence-electron chi connectivity index (χ0n) is 16.9. The molecule has 174 valence electrons. The highest BCUT2D eigenvalue weighted by Gasteiger charge is 2.30. The van der Waals surface area contributed by atoms with Crippen LogP contribution < -0.4 is 14.8 Å². The van der Waals surface area contributed by atoms with Gasteiger partial charge in [-0.15, -0.1) is 0 Å². The Morgan fingerprint density at radius 2 is 1.81 bits per heavy atom. The Labute approximate surface area is 189 Å². The Morgan fingerprint density at radius 1 is 1.09 bits per heavy atom. The number of rotatable bonds is 7. The van der Waals surface area contributed by atoms with Crippen LogP contribution in [-0.4, -0.2) is 27.0 Å². The van der Waals surface area contributed by atoms with Crippen LogP contribution in [0.4, 0.5) is 18.9 Å². The molecule has 0 unspecified atom stereocenters. The van der Waals surface area contributed by atoms with Crippen molar-refractivity contribution in [3.05, 3.63) is 53.1 Å². The first-order valence-electron chi connectivity index (χ1n) is 9.96. The van der Waals surface area contributed by atoms with Crippen LogP contribution in [0.25, 0.3) is 0 Å². The summed E-state index contributed by atoms with van der Waals surface area (Å²) in [7, 11) is -3.75. The van der Waals surface area contributed by atoms with Crippen molar-refractivity contribution in [3.8, 4) is 5.75 Å². The standard InChI is InChI=1S/C21H22ClF3N2O4S/c22-18-12-17(32(29,30)27-15-6-2-1-3-7-15)9-10-19(18)31-13-20(28)26-16-8-4-5-14(11-16)21(23,24)25/h4-5,8-12,15,27H,1-3,6-7,13H2,(H,26,28). The zero-order valence-corrected chi connectivity index (χ0v) is 18.5. The van der Waals surface area contributed by atoms with E-state index in [0.29, 0.717) is 0 Å². The molecule has 6 nitrogen and oxygen atoms in total. The second-order valence-corrected chi connectivity index (χ2v) is 9.59. The molecule has 1 saturated carbocycles. The number of carbonyl (C=O) groups excluding carboxylic acids is 1. The number of benzene rings is 2. The molecule has 11 heteroatoms. The molecule has 1 amide bonds. The number of ether oxygens (including phenoxy) is 1. The molecule has 1 fully saturated rings. The lowest BCUT2D eigenvalue weighted by Gasteiger charge is -2.22. The van der Waals surface area contributed by atoms with Crippen molar-refractivity contribution < 1.29 is 31.1 Å². The van der Waals surface area contributed by atoms with Crippen LogP contribution in [0.15, 0.2) is 47.4 Å². The third kappa shape index (κ3) is 6.60. The molecule has 0 bridgehead atoms. The van der Waals surface area contributed by atoms with Crippen LogP contribution in [-0.2, 0) is 21.0 Å². The predicted molar refractivity (Wildman–Crippen MR) is 114 cm³/mol. The van der Waals surface area contributed by atoms with Crippen LogP contribution >= 0.6 is 11.6 Å². The second kappa shape index (κ2) is 10.1. The number of anilines is 1. The first-order valence-corrected chi connectivity index (χ1v) is 11.8. The molecule has 1 aliphatic rings. The van der Waals surface area contributed by atoms with Gasteiger partial charge in [-0.05, 0) is 49.2 Å². The van der Waals surface area contributed by atoms with Gasteiger partial charge >= 0.3 is 6.18 Å². The van der Waals surface area contributed by atoms with Gasteiger partial charge in [-0.2, -0.15) is 13.2 Å². The summed E-state index contributed by atoms with van der Waals surface area (Å²) in [6.07, 6.45) is 0.0903. The fourth-order valence-electron chi connectivity index (χ4n) is 3.39. The van der Waals surface area contributed by atoms with Gasteiger partial charge in [-0.1, -0.05) is 36.9 Å². The topological polar surface area (TPSA) is 84.5 Å². The van der Waals surface area contributed by atoms with Crippen molar-refractivity contribution >= 4 is 33.2 Å². The third-order valence-electron chi connectivity index (χ3n) is 4.97. The number of carbonyl (C=O) groups is 1. The maximum atomic E-state index is 12.8. The lowest BCUT2D eigenvalue weighted by Crippen LogP contribution is -2.36. The van der Waals surface area contributed by atoms with Crippen molar-refractivity contribution in [3.63, 3.8) is 0 Å². The van der Waals surface area contributed by atoms with Crippen LogP contribution in [0.1, 0.15) is 37.7 Å². The second-order valence-electron chi connectivity index (χ2n) is 7.46. The molecule has 0 aliphatic heterocycles. The van der Waals surface area contributed by atoms with Crippen molar-refractivity contribution in [1.82, 2.24) is 4.72 Å². The average Bonchev–Trinajstić information content (AvgIpc) is 2.73. The maximum absolute atomic E-state index is 12.8. The number of nitrogens with one attached hydrogen (secondary N) is 2. The van der Waals surface area contributed by atoms with Gasteiger partial charge in [-0.3, -0.25) is 4.79 Å². The van der Waals surface area contributed by atoms with Gasteiger partial charge < -0.3 is 10.1 Å². The van der Waals surface area contributed by atoms with E-state index in [4.69, 9.17) is 16.3 Å². The zero-order chi connectivity index (χ0) is 23.4. The van der Waals surface area contributed by atoms with E-state index in [1.165, 1.54) is 30.3 Å². The van der Waals surface area contributed by atoms with E-state index in [2.05, 4.69) is 10.0 Å². The molecule has 2 aromatic rings. The first-order chi connectivity index (χ1) is 15.0. The number of alkyl halides is 3. The SMILES string of the molecule is O=C(COc1ccc(S(=O)(=O)NC2CCCCC2)cc1Cl)Nc1cccc(C(F)(F)F)c1. The monoisotopic (exact) mass is 490 g/mol. The van der Waals surface area contributed by atoms with Crippen molar-refractivity contribution in [1.29, 1.82) is 0 Å². The normalized spacial score (nSPS) is 15.4. The molecule has 0 radical (unpaired) electrons. The molecule has 32 heavy (non-hydrogen) atoms. The first kappa shape index (κ1) is 24.3. The summed E-state index contributed by atoms with van der Waals surface area (Å²) >= 11 is 6.12. The molecule has 0 saturated heterocycles. The quantitative estimate of drug-likeness (QED) is 0.573. The number of sulfonamides is 1. The minimum atomic E-state index is -4.53. The van der Waals surface area contributed by atoms with E-state index in [0.717, 1.165) is 44.2 Å². The summed E-state index contributed by atoms with van der Waals surface area (Å²) in [6.45, 7) is -0.525. The smallest absolute Gasteiger partial charge is 0.416 e. The Hall–Kier alpha value is -2.30. The lowest BCUT2D eigenvalue weighted by atomic mass is 9.96. The van der Waals surface area contributed by atoms with E-state index < -0.39 is 34.3 Å². The highest BCUT2D eigenvalue weighted by atomic mass is 35.5. The summed E-state index contributed by atoms with van der Waals surface area (Å²) in [5.41, 5.74) is -0.923. The lowest BCUT2D eigenvalue weighted by molar-refractivity contribution is -0.137. The molecule has 0 atom stereocenters. The van der Waals surface area contributed by atoms with Gasteiger partial charge in [0, 0.05) is 11.7 Å². The van der Waals surface area contributed by atoms with Gasteiger partial charge in [0.1, 0.15) is 5.75 Å². The highest BCUT2D eigenvalue weighted by molar-refractivity contribution is 7.89. The van der Waals surface area contributed by atoms with Crippen molar-refractivity contribution in [2.75, 3.05) is 11.9 Å². The van der Waals surface area contributed by atoms with Crippen LogP contribution in [0, 0.1) is 0 Å². The van der Waals surface area contributed by atoms with E-state index in [9.17, 15) is 26.4 Å². The van der Waals surface area contributed by atoms with Crippen LogP contribution in [0.3, 0.4) is 0 Å². The maximum Gasteiger partial charge on any atom is 0.416 e. The van der Waals surface area contributed by atoms with Crippen LogP contribution in [0.2, 0.25) is 5.02 Å². The van der Waals surface area contributed by atoms with Gasteiger partial charge in [0.25, 0.3) is 5.91 Å². The van der Waals surface area contributed by atoms with Crippen molar-refractivity contribution in [2.45, 2.75) is 49.2 Å². The molecule has 0 aromatic heterocycles. The fraction of sp³-hybridized carbons (Fsp3) is 0.381. The molecule has 1 aliphatic carbocycles. The summed E-state index contributed by atoms with van der Waals surface area (Å²) in [4.78, 5) is 12.0. The minimum Gasteiger partial charge on any atom is -0.482 e. The summed E-state index contributed by atoms with van der Waals surface area (Å²) in [5, 5.41) is 2.30. The molecule has 2 N–H and O–H groups in total. The highest BCUT2D eigenvalue weighted by Crippen LogP contribution is 2.31. The Morgan fingerprint density at radius 3 is 2.47 bits per heavy atom. The Bertz CT molecular complexity index is 1070. The van der Waals surface area contributed by atoms with Gasteiger partial charge in [0.05, 0.1) is 15.5 Å². The summed E-state index contributed by atoms with van der Waals surface area (Å²) in [5.74, 6) is -0.626. The van der Waals surface area contributed by atoms with Gasteiger partial charge in [0.2, 0.25) is 10.0 Å². The van der Waals surface area contributed by atoms with Gasteiger partial charge in [0.15, 0.2) is 6.61 Å². The summed E-state index contributed by atoms with van der Waals surface area (Å²) < 4.78 is 71.4. The van der Waals surface area contributed by atoms with E-state index in [1.807, 2.05) is 0 Å². The van der Waals surface area contributed by atoms with Crippen LogP contribution in [0.5, 0.6) is 5.75 Å². The molecule has 0 spiro atoms. The molecule has 2 aromatic carbocycles. The third-order valence-corrected chi connectivity index (χ3v) is 6.79. The molecule has 3 rings (SSSR count). The van der Waals surface area contributed by atoms with Crippen molar-refractivity contribution in [2.24, 2.45) is 0 Å². The fourth-order valence-corrected chi connectivity index (χ4v) is 5.02. The number of halogens is 4. The summed E-state index contributed by atoms with van der Waals surface area (Å²) in [6, 6.07) is 7.96. The number of hydrogen-bond acceptors (Lipinski definition) is 4. The Kier molecular flexibility index (Phi) is 7.68. The Balaban J connectivity index is 1.59. The molecule has 0 heterocycles. The number of amides is 1. The van der Waals surface area contributed by atoms with E-state index >= 15 is 0 Å². The average molecular weight is 491 g/mol. The minimum absolute atomic E-state index is 0.0108. The largest absolute Gasteiger partial charge is 0.482 e. The number of hydrogen-bond donors (Lipinski definition) is 2. The van der Waals surface area contributed by atoms with E-state index in [-0.39, 0.29) is 27.4 Å².